The highest BCUT2D eigenvalue weighted by molar-refractivity contribution is 5.98. The predicted octanol–water partition coefficient (Wildman–Crippen LogP) is 5.46. The molecule has 38 heavy (non-hydrogen) atoms. The van der Waals surface area contributed by atoms with Crippen molar-refractivity contribution in [2.45, 2.75) is 24.8 Å². The first-order chi connectivity index (χ1) is 17.8. The van der Waals surface area contributed by atoms with E-state index >= 15 is 0 Å². The van der Waals surface area contributed by atoms with Crippen LogP contribution in [0.25, 0.3) is 0 Å². The van der Waals surface area contributed by atoms with Crippen molar-refractivity contribution in [3.05, 3.63) is 101 Å². The third-order valence-electron chi connectivity index (χ3n) is 5.29. The van der Waals surface area contributed by atoms with Crippen LogP contribution in [-0.2, 0) is 28.3 Å². The number of methoxy groups -OCH3 is 1. The molecule has 1 atom stereocenters. The standard InChI is InChI=1S/C26H19F6NO5/c1-37-24(36)21(33-22(34)17-6-2-4-8-19(17)25(27,28)29)14-15-10-12-16(13-11-15)38-23(35)18-7-3-5-9-20(18)26(30,31)32/h2-13,21H,14H2,1H3,(H,33,34). The number of benzene rings is 3. The van der Waals surface area contributed by atoms with Gasteiger partial charge in [-0.3, -0.25) is 4.79 Å². The summed E-state index contributed by atoms with van der Waals surface area (Å²) in [6, 6.07) is 12.0. The fourth-order valence-corrected chi connectivity index (χ4v) is 3.50. The van der Waals surface area contributed by atoms with Crippen LogP contribution in [0.4, 0.5) is 26.3 Å². The summed E-state index contributed by atoms with van der Waals surface area (Å²) in [5.41, 5.74) is -3.34. The van der Waals surface area contributed by atoms with Crippen molar-refractivity contribution in [2.24, 2.45) is 0 Å². The molecule has 0 aromatic heterocycles. The number of alkyl halides is 6. The zero-order valence-electron chi connectivity index (χ0n) is 19.5. The topological polar surface area (TPSA) is 81.7 Å². The van der Waals surface area contributed by atoms with E-state index < -0.39 is 58.5 Å². The Kier molecular flexibility index (Phi) is 8.44. The largest absolute Gasteiger partial charge is 0.467 e. The van der Waals surface area contributed by atoms with Crippen LogP contribution in [0.15, 0.2) is 72.8 Å². The molecular weight excluding hydrogens is 520 g/mol. The Morgan fingerprint density at radius 2 is 1.26 bits per heavy atom. The van der Waals surface area contributed by atoms with Crippen LogP contribution in [-0.4, -0.2) is 31.0 Å². The van der Waals surface area contributed by atoms with E-state index in [0.717, 1.165) is 43.5 Å². The van der Waals surface area contributed by atoms with Gasteiger partial charge in [-0.15, -0.1) is 0 Å². The zero-order valence-corrected chi connectivity index (χ0v) is 19.5. The first-order valence-corrected chi connectivity index (χ1v) is 10.8. The molecule has 1 amide bonds. The minimum atomic E-state index is -4.80. The van der Waals surface area contributed by atoms with E-state index in [4.69, 9.17) is 4.74 Å². The number of nitrogens with one attached hydrogen (secondary N) is 1. The average molecular weight is 539 g/mol. The summed E-state index contributed by atoms with van der Waals surface area (Å²) in [6.07, 6.45) is -9.78. The zero-order chi connectivity index (χ0) is 28.1. The lowest BCUT2D eigenvalue weighted by Crippen LogP contribution is -2.43. The summed E-state index contributed by atoms with van der Waals surface area (Å²) >= 11 is 0. The van der Waals surface area contributed by atoms with Crippen molar-refractivity contribution in [3.8, 4) is 5.75 Å². The quantitative estimate of drug-likeness (QED) is 0.245. The van der Waals surface area contributed by atoms with Gasteiger partial charge in [0.1, 0.15) is 11.8 Å². The maximum atomic E-state index is 13.3. The van der Waals surface area contributed by atoms with Crippen molar-refractivity contribution >= 4 is 17.8 Å². The molecule has 0 aliphatic heterocycles. The molecule has 1 unspecified atom stereocenters. The molecule has 0 aliphatic rings. The van der Waals surface area contributed by atoms with E-state index in [9.17, 15) is 40.7 Å². The summed E-state index contributed by atoms with van der Waals surface area (Å²) in [5.74, 6) is -3.42. The summed E-state index contributed by atoms with van der Waals surface area (Å²) in [6.45, 7) is 0. The van der Waals surface area contributed by atoms with Crippen LogP contribution in [0.5, 0.6) is 5.75 Å². The summed E-state index contributed by atoms with van der Waals surface area (Å²) in [5, 5.41) is 2.23. The maximum Gasteiger partial charge on any atom is 0.417 e. The second-order valence-electron chi connectivity index (χ2n) is 7.87. The normalized spacial score (nSPS) is 12.4. The highest BCUT2D eigenvalue weighted by atomic mass is 19.4. The number of halogens is 6. The second-order valence-corrected chi connectivity index (χ2v) is 7.87. The van der Waals surface area contributed by atoms with E-state index in [1.807, 2.05) is 0 Å². The first-order valence-electron chi connectivity index (χ1n) is 10.8. The van der Waals surface area contributed by atoms with Crippen molar-refractivity contribution in [3.63, 3.8) is 0 Å². The fraction of sp³-hybridized carbons (Fsp3) is 0.192. The minimum Gasteiger partial charge on any atom is -0.467 e. The number of hydrogen-bond acceptors (Lipinski definition) is 5. The summed E-state index contributed by atoms with van der Waals surface area (Å²) in [7, 11) is 1.03. The van der Waals surface area contributed by atoms with Crippen molar-refractivity contribution in [1.82, 2.24) is 5.32 Å². The number of amides is 1. The maximum absolute atomic E-state index is 13.3. The highest BCUT2D eigenvalue weighted by Crippen LogP contribution is 2.33. The average Bonchev–Trinajstić information content (AvgIpc) is 2.87. The third kappa shape index (κ3) is 6.90. The highest BCUT2D eigenvalue weighted by Gasteiger charge is 2.36. The molecule has 3 aromatic rings. The van der Waals surface area contributed by atoms with E-state index in [-0.39, 0.29) is 12.2 Å². The molecule has 12 heteroatoms. The summed E-state index contributed by atoms with van der Waals surface area (Å²) in [4.78, 5) is 37.1. The Labute approximate surface area is 212 Å². The van der Waals surface area contributed by atoms with Crippen LogP contribution in [0.3, 0.4) is 0 Å². The van der Waals surface area contributed by atoms with E-state index in [2.05, 4.69) is 10.1 Å². The van der Waals surface area contributed by atoms with Gasteiger partial charge >= 0.3 is 24.3 Å². The molecule has 0 spiro atoms. The molecule has 3 aromatic carbocycles. The van der Waals surface area contributed by atoms with E-state index in [0.29, 0.717) is 5.56 Å². The third-order valence-corrected chi connectivity index (χ3v) is 5.29. The van der Waals surface area contributed by atoms with Crippen LogP contribution in [0.1, 0.15) is 37.4 Å². The Morgan fingerprint density at radius 3 is 1.79 bits per heavy atom. The Morgan fingerprint density at radius 1 is 0.763 bits per heavy atom. The van der Waals surface area contributed by atoms with Crippen LogP contribution >= 0.6 is 0 Å². The van der Waals surface area contributed by atoms with Crippen LogP contribution in [0, 0.1) is 0 Å². The number of rotatable bonds is 7. The lowest BCUT2D eigenvalue weighted by atomic mass is 10.0. The fourth-order valence-electron chi connectivity index (χ4n) is 3.50. The van der Waals surface area contributed by atoms with Gasteiger partial charge < -0.3 is 14.8 Å². The smallest absolute Gasteiger partial charge is 0.417 e. The summed E-state index contributed by atoms with van der Waals surface area (Å²) < 4.78 is 89.0. The van der Waals surface area contributed by atoms with Crippen LogP contribution in [0.2, 0.25) is 0 Å². The minimum absolute atomic E-state index is 0.103. The molecular formula is C26H19F6NO5. The molecule has 200 valence electrons. The molecule has 0 heterocycles. The van der Waals surface area contributed by atoms with Gasteiger partial charge in [-0.25, -0.2) is 9.59 Å². The van der Waals surface area contributed by atoms with Crippen molar-refractivity contribution in [2.75, 3.05) is 7.11 Å². The van der Waals surface area contributed by atoms with Crippen molar-refractivity contribution in [1.29, 1.82) is 0 Å². The number of carbonyl (C=O) groups is 3. The molecule has 0 fully saturated rings. The number of ether oxygens (including phenoxy) is 2. The lowest BCUT2D eigenvalue weighted by Gasteiger charge is -2.18. The van der Waals surface area contributed by atoms with Gasteiger partial charge in [0.25, 0.3) is 5.91 Å². The van der Waals surface area contributed by atoms with Gasteiger partial charge in [-0.2, -0.15) is 26.3 Å². The first kappa shape index (κ1) is 28.2. The Bertz CT molecular complexity index is 1320. The van der Waals surface area contributed by atoms with E-state index in [1.54, 1.807) is 0 Å². The molecule has 0 bridgehead atoms. The van der Waals surface area contributed by atoms with Gasteiger partial charge in [0.05, 0.1) is 29.4 Å². The molecule has 0 radical (unpaired) electrons. The van der Waals surface area contributed by atoms with Gasteiger partial charge in [-0.05, 0) is 42.0 Å². The van der Waals surface area contributed by atoms with Gasteiger partial charge in [0.2, 0.25) is 0 Å². The molecule has 1 N–H and O–H groups in total. The number of hydrogen-bond donors (Lipinski definition) is 1. The van der Waals surface area contributed by atoms with Gasteiger partial charge in [0, 0.05) is 6.42 Å². The Hall–Kier alpha value is -4.35. The van der Waals surface area contributed by atoms with Crippen molar-refractivity contribution < 1.29 is 50.2 Å². The van der Waals surface area contributed by atoms with Crippen LogP contribution < -0.4 is 10.1 Å². The van der Waals surface area contributed by atoms with E-state index in [1.165, 1.54) is 36.4 Å². The number of carbonyl (C=O) groups excluding carboxylic acids is 3. The SMILES string of the molecule is COC(=O)C(Cc1ccc(OC(=O)c2ccccc2C(F)(F)F)cc1)NC(=O)c1ccccc1C(F)(F)F. The number of esters is 2. The molecule has 3 rings (SSSR count). The Balaban J connectivity index is 1.75. The molecule has 0 saturated heterocycles. The second kappa shape index (κ2) is 11.4. The molecule has 0 saturated carbocycles. The predicted molar refractivity (Wildman–Crippen MR) is 121 cm³/mol. The van der Waals surface area contributed by atoms with Gasteiger partial charge in [-0.1, -0.05) is 36.4 Å². The lowest BCUT2D eigenvalue weighted by molar-refractivity contribution is -0.143. The molecule has 6 nitrogen and oxygen atoms in total. The monoisotopic (exact) mass is 539 g/mol. The van der Waals surface area contributed by atoms with Gasteiger partial charge in [0.15, 0.2) is 0 Å². The molecule has 0 aliphatic carbocycles.